The second kappa shape index (κ2) is 5.27. The summed E-state index contributed by atoms with van der Waals surface area (Å²) in [5, 5.41) is 3.32. The Morgan fingerprint density at radius 3 is 2.29 bits per heavy atom. The Labute approximate surface area is 103 Å². The maximum atomic E-state index is 5.29. The Morgan fingerprint density at radius 2 is 1.82 bits per heavy atom. The zero-order valence-corrected chi connectivity index (χ0v) is 10.7. The quantitative estimate of drug-likeness (QED) is 0.859. The summed E-state index contributed by atoms with van der Waals surface area (Å²) >= 11 is 0. The Bertz CT molecular complexity index is 359. The average molecular weight is 236 g/mol. The van der Waals surface area contributed by atoms with Gasteiger partial charge in [0.15, 0.2) is 0 Å². The molecule has 4 heteroatoms. The number of nitrogens with zero attached hydrogens (tertiary/aromatic N) is 1. The molecular formula is C13H20N2O2. The topological polar surface area (TPSA) is 33.7 Å². The SMILES string of the molecule is CN[C@@H]1CCN(c2cc(OC)cc(OC)c2)C1. The lowest BCUT2D eigenvalue weighted by Gasteiger charge is -2.20. The van der Waals surface area contributed by atoms with E-state index in [0.29, 0.717) is 6.04 Å². The summed E-state index contributed by atoms with van der Waals surface area (Å²) in [7, 11) is 5.37. The monoisotopic (exact) mass is 236 g/mol. The van der Waals surface area contributed by atoms with Crippen molar-refractivity contribution < 1.29 is 9.47 Å². The number of nitrogens with one attached hydrogen (secondary N) is 1. The van der Waals surface area contributed by atoms with Crippen LogP contribution >= 0.6 is 0 Å². The molecule has 1 aromatic carbocycles. The number of hydrogen-bond donors (Lipinski definition) is 1. The van der Waals surface area contributed by atoms with Gasteiger partial charge in [0.05, 0.1) is 14.2 Å². The van der Waals surface area contributed by atoms with Crippen LogP contribution in [0.4, 0.5) is 5.69 Å². The first-order chi connectivity index (χ1) is 8.26. The summed E-state index contributed by atoms with van der Waals surface area (Å²) in [6, 6.07) is 6.59. The molecule has 0 aromatic heterocycles. The Hall–Kier alpha value is -1.42. The van der Waals surface area contributed by atoms with Crippen LogP contribution in [-0.4, -0.2) is 40.4 Å². The number of likely N-dealkylation sites (N-methyl/N-ethyl adjacent to an activating group) is 1. The van der Waals surface area contributed by atoms with E-state index in [-0.39, 0.29) is 0 Å². The standard InChI is InChI=1S/C13H20N2O2/c1-14-10-4-5-15(9-10)11-6-12(16-2)8-13(7-11)17-3/h6-8,10,14H,4-5,9H2,1-3H3/t10-/m1/s1. The molecule has 2 rings (SSSR count). The Balaban J connectivity index is 2.20. The van der Waals surface area contributed by atoms with Gasteiger partial charge in [0.2, 0.25) is 0 Å². The van der Waals surface area contributed by atoms with Crippen LogP contribution in [0.3, 0.4) is 0 Å². The van der Waals surface area contributed by atoms with Crippen LogP contribution in [0.2, 0.25) is 0 Å². The molecule has 0 amide bonds. The van der Waals surface area contributed by atoms with Crippen molar-refractivity contribution in [2.24, 2.45) is 0 Å². The van der Waals surface area contributed by atoms with Crippen molar-refractivity contribution in [3.05, 3.63) is 18.2 Å². The summed E-state index contributed by atoms with van der Waals surface area (Å²) in [4.78, 5) is 2.35. The van der Waals surface area contributed by atoms with Gasteiger partial charge in [-0.1, -0.05) is 0 Å². The van der Waals surface area contributed by atoms with Gasteiger partial charge in [0.25, 0.3) is 0 Å². The van der Waals surface area contributed by atoms with E-state index in [0.717, 1.165) is 24.6 Å². The number of rotatable bonds is 4. The van der Waals surface area contributed by atoms with Crippen LogP contribution in [0.5, 0.6) is 11.5 Å². The van der Waals surface area contributed by atoms with Gasteiger partial charge < -0.3 is 19.7 Å². The highest BCUT2D eigenvalue weighted by molar-refractivity contribution is 5.56. The Kier molecular flexibility index (Phi) is 3.74. The molecule has 0 saturated carbocycles. The first kappa shape index (κ1) is 12.0. The lowest BCUT2D eigenvalue weighted by atomic mass is 10.2. The molecule has 1 saturated heterocycles. The van der Waals surface area contributed by atoms with Crippen molar-refractivity contribution in [2.45, 2.75) is 12.5 Å². The second-order valence-corrected chi connectivity index (χ2v) is 4.29. The fourth-order valence-corrected chi connectivity index (χ4v) is 2.21. The largest absolute Gasteiger partial charge is 0.497 e. The van der Waals surface area contributed by atoms with Gasteiger partial charge in [-0.15, -0.1) is 0 Å². The van der Waals surface area contributed by atoms with E-state index in [4.69, 9.17) is 9.47 Å². The van der Waals surface area contributed by atoms with Gasteiger partial charge >= 0.3 is 0 Å². The van der Waals surface area contributed by atoms with E-state index < -0.39 is 0 Å². The number of benzene rings is 1. The third-order valence-corrected chi connectivity index (χ3v) is 3.30. The maximum absolute atomic E-state index is 5.29. The molecule has 1 N–H and O–H groups in total. The number of anilines is 1. The second-order valence-electron chi connectivity index (χ2n) is 4.29. The lowest BCUT2D eigenvalue weighted by Crippen LogP contribution is -2.29. The third-order valence-electron chi connectivity index (χ3n) is 3.30. The van der Waals surface area contributed by atoms with Crippen molar-refractivity contribution in [3.63, 3.8) is 0 Å². The van der Waals surface area contributed by atoms with Gasteiger partial charge in [-0.3, -0.25) is 0 Å². The zero-order chi connectivity index (χ0) is 12.3. The van der Waals surface area contributed by atoms with E-state index in [2.05, 4.69) is 22.3 Å². The minimum absolute atomic E-state index is 0.576. The van der Waals surface area contributed by atoms with E-state index in [1.54, 1.807) is 14.2 Å². The molecule has 1 aliphatic rings. The number of ether oxygens (including phenoxy) is 2. The van der Waals surface area contributed by atoms with E-state index in [1.165, 1.54) is 12.1 Å². The van der Waals surface area contributed by atoms with Gasteiger partial charge in [-0.2, -0.15) is 0 Å². The van der Waals surface area contributed by atoms with Crippen molar-refractivity contribution in [3.8, 4) is 11.5 Å². The van der Waals surface area contributed by atoms with E-state index >= 15 is 0 Å². The molecule has 1 atom stereocenters. The minimum Gasteiger partial charge on any atom is -0.497 e. The fourth-order valence-electron chi connectivity index (χ4n) is 2.21. The van der Waals surface area contributed by atoms with E-state index in [1.807, 2.05) is 13.1 Å². The Morgan fingerprint density at radius 1 is 1.18 bits per heavy atom. The summed E-state index contributed by atoms with van der Waals surface area (Å²) in [6.07, 6.45) is 1.18. The van der Waals surface area contributed by atoms with Crippen molar-refractivity contribution in [2.75, 3.05) is 39.3 Å². The highest BCUT2D eigenvalue weighted by Crippen LogP contribution is 2.30. The summed E-state index contributed by atoms with van der Waals surface area (Å²) in [5.74, 6) is 1.68. The summed E-state index contributed by atoms with van der Waals surface area (Å²) in [6.45, 7) is 2.11. The highest BCUT2D eigenvalue weighted by atomic mass is 16.5. The average Bonchev–Trinajstić information content (AvgIpc) is 2.86. The molecule has 0 unspecified atom stereocenters. The molecule has 94 valence electrons. The smallest absolute Gasteiger partial charge is 0.124 e. The number of hydrogen-bond acceptors (Lipinski definition) is 4. The molecule has 1 heterocycles. The van der Waals surface area contributed by atoms with Crippen LogP contribution in [0.1, 0.15) is 6.42 Å². The molecular weight excluding hydrogens is 216 g/mol. The molecule has 17 heavy (non-hydrogen) atoms. The van der Waals surface area contributed by atoms with Gasteiger partial charge in [-0.05, 0) is 13.5 Å². The molecule has 0 aliphatic carbocycles. The van der Waals surface area contributed by atoms with Gasteiger partial charge in [0, 0.05) is 43.0 Å². The maximum Gasteiger partial charge on any atom is 0.124 e. The first-order valence-corrected chi connectivity index (χ1v) is 5.92. The summed E-state index contributed by atoms with van der Waals surface area (Å²) in [5.41, 5.74) is 1.17. The predicted molar refractivity (Wildman–Crippen MR) is 69.2 cm³/mol. The summed E-state index contributed by atoms with van der Waals surface area (Å²) < 4.78 is 10.6. The molecule has 0 spiro atoms. The molecule has 1 fully saturated rings. The third kappa shape index (κ3) is 2.64. The molecule has 0 bridgehead atoms. The van der Waals surface area contributed by atoms with Crippen LogP contribution in [0.25, 0.3) is 0 Å². The highest BCUT2D eigenvalue weighted by Gasteiger charge is 2.21. The molecule has 4 nitrogen and oxygen atoms in total. The normalized spacial score (nSPS) is 19.5. The van der Waals surface area contributed by atoms with Crippen LogP contribution in [-0.2, 0) is 0 Å². The first-order valence-electron chi connectivity index (χ1n) is 5.92. The zero-order valence-electron chi connectivity index (χ0n) is 10.7. The van der Waals surface area contributed by atoms with Crippen LogP contribution < -0.4 is 19.7 Å². The predicted octanol–water partition coefficient (Wildman–Crippen LogP) is 1.50. The molecule has 1 aromatic rings. The molecule has 1 aliphatic heterocycles. The fraction of sp³-hybridized carbons (Fsp3) is 0.538. The minimum atomic E-state index is 0.576. The van der Waals surface area contributed by atoms with Crippen LogP contribution in [0.15, 0.2) is 18.2 Å². The van der Waals surface area contributed by atoms with Crippen molar-refractivity contribution >= 4 is 5.69 Å². The van der Waals surface area contributed by atoms with Crippen LogP contribution in [0, 0.1) is 0 Å². The van der Waals surface area contributed by atoms with Gasteiger partial charge in [-0.25, -0.2) is 0 Å². The van der Waals surface area contributed by atoms with Crippen molar-refractivity contribution in [1.29, 1.82) is 0 Å². The van der Waals surface area contributed by atoms with E-state index in [9.17, 15) is 0 Å². The van der Waals surface area contributed by atoms with Crippen molar-refractivity contribution in [1.82, 2.24) is 5.32 Å². The number of methoxy groups -OCH3 is 2. The molecule has 0 radical (unpaired) electrons. The van der Waals surface area contributed by atoms with Gasteiger partial charge in [0.1, 0.15) is 11.5 Å². The lowest BCUT2D eigenvalue weighted by molar-refractivity contribution is 0.394.